The van der Waals surface area contributed by atoms with Crippen molar-refractivity contribution in [2.45, 2.75) is 12.8 Å². The first-order chi connectivity index (χ1) is 10.8. The Morgan fingerprint density at radius 3 is 2.55 bits per heavy atom. The Labute approximate surface area is 130 Å². The van der Waals surface area contributed by atoms with Gasteiger partial charge in [0, 0.05) is 5.92 Å². The Morgan fingerprint density at radius 1 is 1.00 bits per heavy atom. The van der Waals surface area contributed by atoms with Gasteiger partial charge >= 0.3 is 0 Å². The van der Waals surface area contributed by atoms with Crippen molar-refractivity contribution in [3.63, 3.8) is 0 Å². The summed E-state index contributed by atoms with van der Waals surface area (Å²) >= 11 is 0. The van der Waals surface area contributed by atoms with Crippen molar-refractivity contribution in [3.8, 4) is 0 Å². The molecule has 0 amide bonds. The zero-order chi connectivity index (χ0) is 15.4. The highest BCUT2D eigenvalue weighted by Crippen LogP contribution is 2.29. The first-order valence-corrected chi connectivity index (χ1v) is 7.44. The summed E-state index contributed by atoms with van der Waals surface area (Å²) in [5.74, 6) is -0.136. The molecule has 2 aromatic rings. The van der Waals surface area contributed by atoms with Crippen LogP contribution in [-0.2, 0) is 9.53 Å². The minimum atomic E-state index is -0.214. The molecule has 0 radical (unpaired) electrons. The lowest BCUT2D eigenvalue weighted by atomic mass is 9.87. The highest BCUT2D eigenvalue weighted by atomic mass is 16.5. The fourth-order valence-corrected chi connectivity index (χ4v) is 2.68. The van der Waals surface area contributed by atoms with E-state index in [-0.39, 0.29) is 11.7 Å². The predicted octanol–water partition coefficient (Wildman–Crippen LogP) is 4.44. The molecule has 0 bridgehead atoms. The molecular weight excluding hydrogens is 272 g/mol. The van der Waals surface area contributed by atoms with E-state index in [4.69, 9.17) is 4.74 Å². The summed E-state index contributed by atoms with van der Waals surface area (Å²) in [7, 11) is 0. The van der Waals surface area contributed by atoms with Crippen LogP contribution >= 0.6 is 0 Å². The Morgan fingerprint density at radius 2 is 1.73 bits per heavy atom. The number of Topliss-reactive ketones (excluding diaryl/α,β-unsaturated/α-hetero) is 1. The molecular formula is C20H18O2. The van der Waals surface area contributed by atoms with Crippen molar-refractivity contribution in [1.29, 1.82) is 0 Å². The van der Waals surface area contributed by atoms with Crippen molar-refractivity contribution in [3.05, 3.63) is 83.6 Å². The van der Waals surface area contributed by atoms with Gasteiger partial charge in [-0.05, 0) is 22.8 Å². The van der Waals surface area contributed by atoms with Gasteiger partial charge in [-0.3, -0.25) is 4.79 Å². The van der Waals surface area contributed by atoms with E-state index in [2.05, 4.69) is 0 Å². The van der Waals surface area contributed by atoms with Crippen LogP contribution in [0.5, 0.6) is 0 Å². The van der Waals surface area contributed by atoms with E-state index in [0.717, 1.165) is 16.7 Å². The number of hydrogen-bond donors (Lipinski definition) is 0. The zero-order valence-corrected chi connectivity index (χ0v) is 12.5. The van der Waals surface area contributed by atoms with Gasteiger partial charge in [-0.25, -0.2) is 0 Å². The van der Waals surface area contributed by atoms with E-state index < -0.39 is 0 Å². The van der Waals surface area contributed by atoms with Crippen LogP contribution in [0.25, 0.3) is 11.6 Å². The molecule has 2 nitrogen and oxygen atoms in total. The van der Waals surface area contributed by atoms with E-state index in [9.17, 15) is 4.79 Å². The summed E-state index contributed by atoms with van der Waals surface area (Å²) in [6.07, 6.45) is 5.58. The lowest BCUT2D eigenvalue weighted by molar-refractivity contribution is -0.114. The van der Waals surface area contributed by atoms with Crippen LogP contribution in [0.2, 0.25) is 0 Å². The summed E-state index contributed by atoms with van der Waals surface area (Å²) in [4.78, 5) is 13.0. The lowest BCUT2D eigenvalue weighted by Crippen LogP contribution is -2.13. The summed E-state index contributed by atoms with van der Waals surface area (Å²) in [5.41, 5.74) is 3.63. The fourth-order valence-electron chi connectivity index (χ4n) is 2.68. The summed E-state index contributed by atoms with van der Waals surface area (Å²) in [6.45, 7) is 2.40. The summed E-state index contributed by atoms with van der Waals surface area (Å²) in [6, 6.07) is 17.7. The second-order valence-corrected chi connectivity index (χ2v) is 5.35. The van der Waals surface area contributed by atoms with E-state index in [1.807, 2.05) is 73.7 Å². The molecule has 1 heterocycles. The van der Waals surface area contributed by atoms with Gasteiger partial charge in [-0.1, -0.05) is 67.6 Å². The molecule has 0 aromatic heterocycles. The molecule has 22 heavy (non-hydrogen) atoms. The smallest absolute Gasteiger partial charge is 0.173 e. The number of allylic oxidation sites excluding steroid dienone is 1. The molecule has 1 unspecified atom stereocenters. The van der Waals surface area contributed by atoms with Crippen molar-refractivity contribution in [2.75, 3.05) is 6.61 Å². The molecule has 1 aliphatic heterocycles. The molecule has 3 rings (SSSR count). The monoisotopic (exact) mass is 290 g/mol. The Bertz CT molecular complexity index is 726. The van der Waals surface area contributed by atoms with Crippen LogP contribution in [0, 0.1) is 0 Å². The third-order valence-electron chi connectivity index (χ3n) is 3.90. The topological polar surface area (TPSA) is 26.3 Å². The molecule has 110 valence electrons. The number of ether oxygens (including phenoxy) is 1. The Kier molecular flexibility index (Phi) is 4.19. The highest BCUT2D eigenvalue weighted by Gasteiger charge is 2.23. The maximum Gasteiger partial charge on any atom is 0.173 e. The van der Waals surface area contributed by atoms with Crippen molar-refractivity contribution < 1.29 is 9.53 Å². The molecule has 0 spiro atoms. The minimum Gasteiger partial charge on any atom is -0.496 e. The third kappa shape index (κ3) is 2.86. The van der Waals surface area contributed by atoms with E-state index in [0.29, 0.717) is 12.2 Å². The average molecular weight is 290 g/mol. The SMILES string of the molecule is CC1C(=O)/C(c2ccccc2)=C\OC/C=C\c2ccccc21. The van der Waals surface area contributed by atoms with Crippen LogP contribution in [0.4, 0.5) is 0 Å². The fraction of sp³-hybridized carbons (Fsp3) is 0.150. The van der Waals surface area contributed by atoms with Crippen molar-refractivity contribution in [2.24, 2.45) is 0 Å². The summed E-state index contributed by atoms with van der Waals surface area (Å²) in [5, 5.41) is 0. The molecule has 2 heteroatoms. The second kappa shape index (κ2) is 6.44. The minimum absolute atomic E-state index is 0.0777. The average Bonchev–Trinajstić information content (AvgIpc) is 2.57. The number of fused-ring (bicyclic) bond motifs is 1. The number of rotatable bonds is 1. The molecule has 1 aliphatic rings. The Balaban J connectivity index is 2.07. The lowest BCUT2D eigenvalue weighted by Gasteiger charge is -2.17. The molecule has 1 atom stereocenters. The molecule has 0 saturated carbocycles. The van der Waals surface area contributed by atoms with Gasteiger partial charge in [0.25, 0.3) is 0 Å². The van der Waals surface area contributed by atoms with Gasteiger partial charge < -0.3 is 4.74 Å². The molecule has 2 aromatic carbocycles. The molecule has 0 fully saturated rings. The molecule has 0 aliphatic carbocycles. The first-order valence-electron chi connectivity index (χ1n) is 7.44. The number of ketones is 1. The third-order valence-corrected chi connectivity index (χ3v) is 3.90. The summed E-state index contributed by atoms with van der Waals surface area (Å²) < 4.78 is 5.54. The number of hydrogen-bond acceptors (Lipinski definition) is 2. The molecule has 0 N–H and O–H groups in total. The van der Waals surface area contributed by atoms with E-state index >= 15 is 0 Å². The van der Waals surface area contributed by atoms with Gasteiger partial charge in [-0.15, -0.1) is 0 Å². The number of carbonyl (C=O) groups excluding carboxylic acids is 1. The van der Waals surface area contributed by atoms with Gasteiger partial charge in [0.1, 0.15) is 6.61 Å². The Hall–Kier alpha value is -2.61. The maximum atomic E-state index is 13.0. The van der Waals surface area contributed by atoms with E-state index in [1.165, 1.54) is 0 Å². The van der Waals surface area contributed by atoms with Crippen LogP contribution in [0.3, 0.4) is 0 Å². The van der Waals surface area contributed by atoms with E-state index in [1.54, 1.807) is 6.26 Å². The van der Waals surface area contributed by atoms with Gasteiger partial charge in [0.15, 0.2) is 5.78 Å². The maximum absolute atomic E-state index is 13.0. The van der Waals surface area contributed by atoms with Crippen molar-refractivity contribution in [1.82, 2.24) is 0 Å². The van der Waals surface area contributed by atoms with Crippen LogP contribution in [0.15, 0.2) is 66.9 Å². The van der Waals surface area contributed by atoms with Crippen molar-refractivity contribution >= 4 is 17.4 Å². The van der Waals surface area contributed by atoms with Gasteiger partial charge in [-0.2, -0.15) is 0 Å². The largest absolute Gasteiger partial charge is 0.496 e. The molecule has 0 saturated heterocycles. The quantitative estimate of drug-likeness (QED) is 0.776. The first kappa shape index (κ1) is 14.3. The number of benzene rings is 2. The normalized spacial score (nSPS) is 22.0. The zero-order valence-electron chi connectivity index (χ0n) is 12.5. The van der Waals surface area contributed by atoms with Gasteiger partial charge in [0.2, 0.25) is 0 Å². The van der Waals surface area contributed by atoms with Gasteiger partial charge in [0.05, 0.1) is 11.8 Å². The second-order valence-electron chi connectivity index (χ2n) is 5.35. The van der Waals surface area contributed by atoms with Crippen LogP contribution in [0.1, 0.15) is 29.5 Å². The highest BCUT2D eigenvalue weighted by molar-refractivity contribution is 6.23. The van der Waals surface area contributed by atoms with Crippen LogP contribution in [-0.4, -0.2) is 12.4 Å². The number of carbonyl (C=O) groups is 1. The van der Waals surface area contributed by atoms with Crippen LogP contribution < -0.4 is 0 Å². The predicted molar refractivity (Wildman–Crippen MR) is 89.3 cm³/mol. The standard InChI is InChI=1S/C20H18O2/c1-15-18-12-6-5-10-16(18)11-7-13-22-14-19(20(15)21)17-8-3-2-4-9-17/h2-12,14-15H,13H2,1H3/b11-7-,19-14-.